The minimum Gasteiger partial charge on any atom is -0.391 e. The minimum atomic E-state index is -0.306. The van der Waals surface area contributed by atoms with Crippen LogP contribution in [-0.4, -0.2) is 17.7 Å². The van der Waals surface area contributed by atoms with Gasteiger partial charge in [-0.3, -0.25) is 0 Å². The highest BCUT2D eigenvalue weighted by atomic mass is 19.1. The zero-order chi connectivity index (χ0) is 12.4. The fraction of sp³-hybridized carbons (Fsp3) is 0.571. The van der Waals surface area contributed by atoms with E-state index in [1.807, 2.05) is 6.07 Å². The molecule has 0 spiro atoms. The molecule has 1 saturated carbocycles. The van der Waals surface area contributed by atoms with Crippen LogP contribution in [0.15, 0.2) is 18.2 Å². The lowest BCUT2D eigenvalue weighted by atomic mass is 10.1. The first-order valence-electron chi connectivity index (χ1n) is 6.28. The summed E-state index contributed by atoms with van der Waals surface area (Å²) in [4.78, 5) is 2.25. The van der Waals surface area contributed by atoms with Gasteiger partial charge in [0.1, 0.15) is 5.82 Å². The van der Waals surface area contributed by atoms with Gasteiger partial charge < -0.3 is 10.0 Å². The lowest BCUT2D eigenvalue weighted by Gasteiger charge is -2.28. The predicted octanol–water partition coefficient (Wildman–Crippen LogP) is 2.94. The van der Waals surface area contributed by atoms with Gasteiger partial charge in [0.05, 0.1) is 6.61 Å². The highest BCUT2D eigenvalue weighted by Gasteiger charge is 2.31. The van der Waals surface area contributed by atoms with Crippen LogP contribution in [0, 0.1) is 11.7 Å². The van der Waals surface area contributed by atoms with Gasteiger partial charge in [-0.05, 0) is 30.9 Å². The molecule has 0 heterocycles. The summed E-state index contributed by atoms with van der Waals surface area (Å²) < 4.78 is 13.6. The lowest BCUT2D eigenvalue weighted by molar-refractivity contribution is 0.276. The van der Waals surface area contributed by atoms with Crippen molar-refractivity contribution in [3.63, 3.8) is 0 Å². The second kappa shape index (κ2) is 5.05. The van der Waals surface area contributed by atoms with Gasteiger partial charge in [0.15, 0.2) is 0 Å². The normalized spacial score (nSPS) is 15.4. The van der Waals surface area contributed by atoms with Gasteiger partial charge in [0, 0.05) is 23.8 Å². The fourth-order valence-electron chi connectivity index (χ4n) is 2.20. The van der Waals surface area contributed by atoms with Gasteiger partial charge in [-0.2, -0.15) is 0 Å². The van der Waals surface area contributed by atoms with Crippen LogP contribution in [0.5, 0.6) is 0 Å². The van der Waals surface area contributed by atoms with E-state index in [0.29, 0.717) is 17.5 Å². The highest BCUT2D eigenvalue weighted by molar-refractivity contribution is 5.55. The van der Waals surface area contributed by atoms with Gasteiger partial charge in [0.2, 0.25) is 0 Å². The van der Waals surface area contributed by atoms with Crippen molar-refractivity contribution in [2.75, 3.05) is 11.4 Å². The molecule has 0 unspecified atom stereocenters. The molecular formula is C14H20FNO. The molecule has 1 N–H and O–H groups in total. The maximum atomic E-state index is 13.6. The third-order valence-corrected chi connectivity index (χ3v) is 3.11. The summed E-state index contributed by atoms with van der Waals surface area (Å²) >= 11 is 0. The summed E-state index contributed by atoms with van der Waals surface area (Å²) in [6, 6.07) is 5.58. The van der Waals surface area contributed by atoms with Crippen molar-refractivity contribution in [2.24, 2.45) is 5.92 Å². The van der Waals surface area contributed by atoms with E-state index in [-0.39, 0.29) is 12.4 Å². The molecule has 1 aromatic rings. The number of hydrogen-bond donors (Lipinski definition) is 1. The average Bonchev–Trinajstić information content (AvgIpc) is 3.09. The summed E-state index contributed by atoms with van der Waals surface area (Å²) in [5.74, 6) is 0.227. The molecule has 1 aromatic carbocycles. The molecule has 2 nitrogen and oxygen atoms in total. The Morgan fingerprint density at radius 3 is 2.65 bits per heavy atom. The van der Waals surface area contributed by atoms with Crippen molar-refractivity contribution >= 4 is 5.69 Å². The van der Waals surface area contributed by atoms with Gasteiger partial charge >= 0.3 is 0 Å². The predicted molar refractivity (Wildman–Crippen MR) is 67.5 cm³/mol. The molecule has 17 heavy (non-hydrogen) atoms. The molecule has 0 aliphatic heterocycles. The summed E-state index contributed by atoms with van der Waals surface area (Å²) in [6.45, 7) is 5.00. The Morgan fingerprint density at radius 2 is 2.12 bits per heavy atom. The third-order valence-electron chi connectivity index (χ3n) is 3.11. The second-order valence-corrected chi connectivity index (χ2v) is 5.17. The molecule has 0 bridgehead atoms. The molecule has 2 rings (SSSR count). The van der Waals surface area contributed by atoms with Crippen LogP contribution in [-0.2, 0) is 6.61 Å². The van der Waals surface area contributed by atoms with Crippen LogP contribution in [0.1, 0.15) is 32.3 Å². The van der Waals surface area contributed by atoms with E-state index in [0.717, 1.165) is 12.2 Å². The molecule has 1 aliphatic carbocycles. The highest BCUT2D eigenvalue weighted by Crippen LogP contribution is 2.35. The fourth-order valence-corrected chi connectivity index (χ4v) is 2.20. The van der Waals surface area contributed by atoms with Gasteiger partial charge in [-0.25, -0.2) is 4.39 Å². The topological polar surface area (TPSA) is 23.5 Å². The maximum absolute atomic E-state index is 13.6. The van der Waals surface area contributed by atoms with Crippen molar-refractivity contribution in [2.45, 2.75) is 39.3 Å². The molecular weight excluding hydrogens is 217 g/mol. The van der Waals surface area contributed by atoms with E-state index < -0.39 is 0 Å². The quantitative estimate of drug-likeness (QED) is 0.851. The van der Waals surface area contributed by atoms with Crippen LogP contribution in [0.2, 0.25) is 0 Å². The summed E-state index contributed by atoms with van der Waals surface area (Å²) in [5, 5.41) is 9.32. The van der Waals surface area contributed by atoms with Crippen LogP contribution in [0.25, 0.3) is 0 Å². The second-order valence-electron chi connectivity index (χ2n) is 5.17. The Kier molecular flexibility index (Phi) is 3.67. The molecule has 1 fully saturated rings. The molecule has 0 atom stereocenters. The molecule has 1 aliphatic rings. The summed E-state index contributed by atoms with van der Waals surface area (Å²) in [7, 11) is 0. The Bertz CT molecular complexity index is 388. The Balaban J connectivity index is 2.31. The average molecular weight is 237 g/mol. The van der Waals surface area contributed by atoms with E-state index in [2.05, 4.69) is 18.7 Å². The van der Waals surface area contributed by atoms with E-state index in [1.54, 1.807) is 6.07 Å². The van der Waals surface area contributed by atoms with E-state index in [4.69, 9.17) is 0 Å². The molecule has 94 valence electrons. The number of halogens is 1. The van der Waals surface area contributed by atoms with Crippen molar-refractivity contribution in [3.05, 3.63) is 29.6 Å². The maximum Gasteiger partial charge on any atom is 0.130 e. The number of hydrogen-bond acceptors (Lipinski definition) is 2. The monoisotopic (exact) mass is 237 g/mol. The van der Waals surface area contributed by atoms with Crippen LogP contribution in [0.4, 0.5) is 10.1 Å². The molecule has 0 radical (unpaired) electrons. The lowest BCUT2D eigenvalue weighted by Crippen LogP contribution is -2.31. The SMILES string of the molecule is CC(C)CN(c1cccc(F)c1CO)C1CC1. The zero-order valence-electron chi connectivity index (χ0n) is 10.5. The first-order valence-corrected chi connectivity index (χ1v) is 6.28. The first-order chi connectivity index (χ1) is 8.13. The number of benzene rings is 1. The van der Waals surface area contributed by atoms with Crippen LogP contribution >= 0.6 is 0 Å². The molecule has 0 amide bonds. The first kappa shape index (κ1) is 12.4. The number of anilines is 1. The standard InChI is InChI=1S/C14H20FNO/c1-10(2)8-16(11-6-7-11)14-5-3-4-13(15)12(14)9-17/h3-5,10-11,17H,6-9H2,1-2H3. The Morgan fingerprint density at radius 1 is 1.41 bits per heavy atom. The van der Waals surface area contributed by atoms with Gasteiger partial charge in [0.25, 0.3) is 0 Å². The van der Waals surface area contributed by atoms with Crippen molar-refractivity contribution < 1.29 is 9.50 Å². The van der Waals surface area contributed by atoms with E-state index in [1.165, 1.54) is 18.9 Å². The zero-order valence-corrected chi connectivity index (χ0v) is 10.5. The Hall–Kier alpha value is -1.09. The number of aliphatic hydroxyl groups is 1. The summed E-state index contributed by atoms with van der Waals surface area (Å²) in [6.07, 6.45) is 2.35. The van der Waals surface area contributed by atoms with Crippen LogP contribution < -0.4 is 4.90 Å². The Labute approximate surface area is 102 Å². The van der Waals surface area contributed by atoms with Crippen molar-refractivity contribution in [3.8, 4) is 0 Å². The molecule has 0 saturated heterocycles. The smallest absolute Gasteiger partial charge is 0.130 e. The van der Waals surface area contributed by atoms with E-state index in [9.17, 15) is 9.50 Å². The number of nitrogens with zero attached hydrogens (tertiary/aromatic N) is 1. The minimum absolute atomic E-state index is 0.233. The molecule has 3 heteroatoms. The number of aliphatic hydroxyl groups excluding tert-OH is 1. The summed E-state index contributed by atoms with van der Waals surface area (Å²) in [5.41, 5.74) is 1.30. The largest absolute Gasteiger partial charge is 0.391 e. The van der Waals surface area contributed by atoms with Gasteiger partial charge in [-0.1, -0.05) is 19.9 Å². The van der Waals surface area contributed by atoms with Crippen molar-refractivity contribution in [1.29, 1.82) is 0 Å². The number of rotatable bonds is 5. The van der Waals surface area contributed by atoms with Crippen LogP contribution in [0.3, 0.4) is 0 Å². The van der Waals surface area contributed by atoms with Crippen molar-refractivity contribution in [1.82, 2.24) is 0 Å². The van der Waals surface area contributed by atoms with Gasteiger partial charge in [-0.15, -0.1) is 0 Å². The third kappa shape index (κ3) is 2.78. The molecule has 0 aromatic heterocycles. The van der Waals surface area contributed by atoms with E-state index >= 15 is 0 Å².